The van der Waals surface area contributed by atoms with E-state index in [9.17, 15) is 4.79 Å². The molecule has 2 aromatic heterocycles. The highest BCUT2D eigenvalue weighted by atomic mass is 16.2. The van der Waals surface area contributed by atoms with Crippen molar-refractivity contribution in [1.82, 2.24) is 19.2 Å². The molecule has 128 valence electrons. The Hall–Kier alpha value is -2.82. The Morgan fingerprint density at radius 1 is 1.04 bits per heavy atom. The predicted molar refractivity (Wildman–Crippen MR) is 96.9 cm³/mol. The van der Waals surface area contributed by atoms with Gasteiger partial charge in [-0.3, -0.25) is 9.48 Å². The van der Waals surface area contributed by atoms with Crippen LogP contribution in [0.3, 0.4) is 0 Å². The van der Waals surface area contributed by atoms with E-state index in [1.165, 1.54) is 5.56 Å². The minimum absolute atomic E-state index is 0.0725. The number of likely N-dealkylation sites (tertiary alicyclic amines) is 1. The summed E-state index contributed by atoms with van der Waals surface area (Å²) < 4.78 is 3.70. The first-order valence-electron chi connectivity index (χ1n) is 8.73. The van der Waals surface area contributed by atoms with Gasteiger partial charge in [0.2, 0.25) is 0 Å². The van der Waals surface area contributed by atoms with Gasteiger partial charge in [0, 0.05) is 32.5 Å². The molecule has 0 N–H and O–H groups in total. The van der Waals surface area contributed by atoms with Gasteiger partial charge in [-0.05, 0) is 36.5 Å². The lowest BCUT2D eigenvalue weighted by atomic mass is 9.89. The van der Waals surface area contributed by atoms with Gasteiger partial charge >= 0.3 is 0 Å². The van der Waals surface area contributed by atoms with E-state index in [0.29, 0.717) is 11.5 Å². The van der Waals surface area contributed by atoms with Crippen molar-refractivity contribution >= 4 is 5.91 Å². The molecule has 0 radical (unpaired) electrons. The molecule has 1 aromatic carbocycles. The molecule has 0 spiro atoms. The van der Waals surface area contributed by atoms with E-state index in [2.05, 4.69) is 29.4 Å². The maximum Gasteiger partial charge on any atom is 0.259 e. The summed E-state index contributed by atoms with van der Waals surface area (Å²) in [4.78, 5) is 15.0. The molecule has 3 aromatic rings. The van der Waals surface area contributed by atoms with Gasteiger partial charge in [0.1, 0.15) is 11.4 Å². The van der Waals surface area contributed by atoms with Crippen molar-refractivity contribution in [3.63, 3.8) is 0 Å². The number of hydrogen-bond donors (Lipinski definition) is 0. The van der Waals surface area contributed by atoms with Gasteiger partial charge in [-0.1, -0.05) is 30.3 Å². The van der Waals surface area contributed by atoms with Gasteiger partial charge in [0.15, 0.2) is 0 Å². The zero-order valence-electron chi connectivity index (χ0n) is 14.4. The molecule has 1 aliphatic heterocycles. The Morgan fingerprint density at radius 2 is 1.72 bits per heavy atom. The second kappa shape index (κ2) is 6.59. The zero-order chi connectivity index (χ0) is 17.2. The van der Waals surface area contributed by atoms with Crippen molar-refractivity contribution < 1.29 is 4.79 Å². The number of carbonyl (C=O) groups is 1. The summed E-state index contributed by atoms with van der Waals surface area (Å²) in [5.41, 5.74) is 2.04. The van der Waals surface area contributed by atoms with Crippen LogP contribution in [-0.2, 0) is 7.05 Å². The highest BCUT2D eigenvalue weighted by molar-refractivity contribution is 5.97. The van der Waals surface area contributed by atoms with E-state index in [1.54, 1.807) is 10.9 Å². The highest BCUT2D eigenvalue weighted by Gasteiger charge is 2.27. The molecule has 25 heavy (non-hydrogen) atoms. The highest BCUT2D eigenvalue weighted by Crippen LogP contribution is 2.29. The summed E-state index contributed by atoms with van der Waals surface area (Å²) in [6.07, 6.45) is 7.58. The normalized spacial score (nSPS) is 15.5. The van der Waals surface area contributed by atoms with Crippen LogP contribution in [0, 0.1) is 0 Å². The number of aromatic nitrogens is 3. The van der Waals surface area contributed by atoms with Crippen molar-refractivity contribution in [3.05, 3.63) is 72.2 Å². The van der Waals surface area contributed by atoms with Gasteiger partial charge in [-0.2, -0.15) is 5.10 Å². The second-order valence-corrected chi connectivity index (χ2v) is 6.57. The third-order valence-electron chi connectivity index (χ3n) is 5.04. The molecule has 3 heterocycles. The van der Waals surface area contributed by atoms with Crippen LogP contribution in [0.15, 0.2) is 61.1 Å². The number of amides is 1. The molecular weight excluding hydrogens is 312 g/mol. The van der Waals surface area contributed by atoms with Gasteiger partial charge in [0.25, 0.3) is 5.91 Å². The van der Waals surface area contributed by atoms with Crippen LogP contribution in [0.2, 0.25) is 0 Å². The summed E-state index contributed by atoms with van der Waals surface area (Å²) in [6, 6.07) is 14.5. The fourth-order valence-electron chi connectivity index (χ4n) is 3.68. The van der Waals surface area contributed by atoms with Crippen LogP contribution in [-0.4, -0.2) is 38.2 Å². The van der Waals surface area contributed by atoms with Crippen molar-refractivity contribution in [1.29, 1.82) is 0 Å². The number of nitrogens with zero attached hydrogens (tertiary/aromatic N) is 4. The Kier molecular flexibility index (Phi) is 4.14. The maximum absolute atomic E-state index is 13.0. The minimum Gasteiger partial charge on any atom is -0.338 e. The van der Waals surface area contributed by atoms with Crippen LogP contribution < -0.4 is 0 Å². The van der Waals surface area contributed by atoms with Gasteiger partial charge in [-0.15, -0.1) is 0 Å². The van der Waals surface area contributed by atoms with Crippen molar-refractivity contribution in [2.75, 3.05) is 13.1 Å². The van der Waals surface area contributed by atoms with Crippen LogP contribution >= 0.6 is 0 Å². The van der Waals surface area contributed by atoms with Crippen molar-refractivity contribution in [2.24, 2.45) is 7.05 Å². The first-order chi connectivity index (χ1) is 12.2. The average molecular weight is 334 g/mol. The fraction of sp³-hybridized carbons (Fsp3) is 0.300. The zero-order valence-corrected chi connectivity index (χ0v) is 14.4. The smallest absolute Gasteiger partial charge is 0.259 e. The molecule has 5 heteroatoms. The Balaban J connectivity index is 1.50. The lowest BCUT2D eigenvalue weighted by molar-refractivity contribution is 0.0713. The molecule has 4 rings (SSSR count). The molecule has 1 saturated heterocycles. The molecular formula is C20H22N4O. The molecule has 1 amide bonds. The quantitative estimate of drug-likeness (QED) is 0.738. The summed E-state index contributed by atoms with van der Waals surface area (Å²) >= 11 is 0. The van der Waals surface area contributed by atoms with E-state index in [1.807, 2.05) is 47.1 Å². The number of rotatable bonds is 3. The molecule has 1 fully saturated rings. The molecule has 5 nitrogen and oxygen atoms in total. The van der Waals surface area contributed by atoms with E-state index in [-0.39, 0.29) is 5.91 Å². The lowest BCUT2D eigenvalue weighted by Gasteiger charge is -2.32. The van der Waals surface area contributed by atoms with Gasteiger partial charge in [0.05, 0.1) is 6.20 Å². The van der Waals surface area contributed by atoms with Crippen molar-refractivity contribution in [2.45, 2.75) is 18.8 Å². The van der Waals surface area contributed by atoms with Crippen LogP contribution in [0.5, 0.6) is 0 Å². The molecule has 1 aliphatic rings. The number of benzene rings is 1. The second-order valence-electron chi connectivity index (χ2n) is 6.57. The van der Waals surface area contributed by atoms with E-state index < -0.39 is 0 Å². The fourth-order valence-corrected chi connectivity index (χ4v) is 3.68. The standard InChI is InChI=1S/C20H22N4O/c1-22-19(23-11-5-6-12-23)18(15-21-22)20(25)24-13-9-17(10-14-24)16-7-3-2-4-8-16/h2-8,11-12,15,17H,9-10,13-14H2,1H3. The Labute approximate surface area is 147 Å². The topological polar surface area (TPSA) is 43.1 Å². The summed E-state index contributed by atoms with van der Waals surface area (Å²) in [7, 11) is 1.87. The number of aryl methyl sites for hydroxylation is 1. The maximum atomic E-state index is 13.0. The van der Waals surface area contributed by atoms with Crippen LogP contribution in [0.25, 0.3) is 5.82 Å². The molecule has 0 bridgehead atoms. The predicted octanol–water partition coefficient (Wildman–Crippen LogP) is 3.23. The van der Waals surface area contributed by atoms with E-state index in [0.717, 1.165) is 31.7 Å². The first-order valence-corrected chi connectivity index (χ1v) is 8.73. The summed E-state index contributed by atoms with van der Waals surface area (Å²) in [6.45, 7) is 1.58. The SMILES string of the molecule is Cn1ncc(C(=O)N2CCC(c3ccccc3)CC2)c1-n1cccc1. The monoisotopic (exact) mass is 334 g/mol. The van der Waals surface area contributed by atoms with E-state index >= 15 is 0 Å². The number of piperidine rings is 1. The molecule has 0 atom stereocenters. The third-order valence-corrected chi connectivity index (χ3v) is 5.04. The molecule has 0 unspecified atom stereocenters. The van der Waals surface area contributed by atoms with Gasteiger partial charge in [-0.25, -0.2) is 0 Å². The largest absolute Gasteiger partial charge is 0.338 e. The van der Waals surface area contributed by atoms with Gasteiger partial charge < -0.3 is 9.47 Å². The Bertz CT molecular complexity index is 843. The minimum atomic E-state index is 0.0725. The summed E-state index contributed by atoms with van der Waals surface area (Å²) in [5.74, 6) is 1.44. The average Bonchev–Trinajstić information content (AvgIpc) is 3.31. The summed E-state index contributed by atoms with van der Waals surface area (Å²) in [5, 5.41) is 4.30. The Morgan fingerprint density at radius 3 is 2.40 bits per heavy atom. The molecule has 0 saturated carbocycles. The molecule has 0 aliphatic carbocycles. The van der Waals surface area contributed by atoms with Crippen LogP contribution in [0.1, 0.15) is 34.7 Å². The number of carbonyl (C=O) groups excluding carboxylic acids is 1. The van der Waals surface area contributed by atoms with E-state index in [4.69, 9.17) is 0 Å². The van der Waals surface area contributed by atoms with Crippen LogP contribution in [0.4, 0.5) is 0 Å². The third kappa shape index (κ3) is 2.97. The first kappa shape index (κ1) is 15.7. The lowest BCUT2D eigenvalue weighted by Crippen LogP contribution is -2.38. The van der Waals surface area contributed by atoms with Crippen molar-refractivity contribution in [3.8, 4) is 5.82 Å². The number of hydrogen-bond acceptors (Lipinski definition) is 2.